The van der Waals surface area contributed by atoms with Gasteiger partial charge in [-0.15, -0.1) is 11.6 Å². The lowest BCUT2D eigenvalue weighted by Gasteiger charge is -2.59. The number of aryl methyl sites for hydroxylation is 2. The molecule has 0 radical (unpaired) electrons. The molecule has 4 bridgehead atoms. The third-order valence-corrected chi connectivity index (χ3v) is 6.68. The Morgan fingerprint density at radius 1 is 1.14 bits per heavy atom. The number of hydrogen-bond acceptors (Lipinski definition) is 1. The van der Waals surface area contributed by atoms with Crippen LogP contribution in [0.4, 0.5) is 5.69 Å². The fraction of sp³-hybridized carbons (Fsp3) is 0.632. The number of anilines is 1. The van der Waals surface area contributed by atoms with Gasteiger partial charge >= 0.3 is 0 Å². The molecule has 1 aromatic rings. The van der Waals surface area contributed by atoms with Gasteiger partial charge in [-0.25, -0.2) is 0 Å². The predicted molar refractivity (Wildman–Crippen MR) is 90.2 cm³/mol. The third-order valence-electron chi connectivity index (χ3n) is 6.24. The maximum Gasteiger partial charge on any atom is 0.230 e. The van der Waals surface area contributed by atoms with Gasteiger partial charge in [-0.1, -0.05) is 6.07 Å². The van der Waals surface area contributed by atoms with Crippen LogP contribution in [0.1, 0.15) is 49.7 Å². The summed E-state index contributed by atoms with van der Waals surface area (Å²) in [5.74, 6) is 1.52. The van der Waals surface area contributed by atoms with Gasteiger partial charge in [0, 0.05) is 10.6 Å². The molecule has 1 aromatic carbocycles. The van der Waals surface area contributed by atoms with E-state index < -0.39 is 0 Å². The van der Waals surface area contributed by atoms with Crippen LogP contribution in [0, 0.1) is 31.1 Å². The molecule has 0 aliphatic heterocycles. The first-order valence-electron chi connectivity index (χ1n) is 8.45. The molecule has 5 rings (SSSR count). The van der Waals surface area contributed by atoms with Gasteiger partial charge < -0.3 is 5.32 Å². The number of nitrogens with one attached hydrogen (secondary N) is 1. The van der Waals surface area contributed by atoms with Gasteiger partial charge in [-0.2, -0.15) is 0 Å². The maximum atomic E-state index is 13.0. The highest BCUT2D eigenvalue weighted by molar-refractivity contribution is 6.24. The first-order valence-corrected chi connectivity index (χ1v) is 8.83. The van der Waals surface area contributed by atoms with Crippen molar-refractivity contribution >= 4 is 23.2 Å². The maximum absolute atomic E-state index is 13.0. The summed E-state index contributed by atoms with van der Waals surface area (Å²) in [5, 5.41) is 3.19. The Bertz CT molecular complexity index is 624. The van der Waals surface area contributed by atoms with E-state index in [-0.39, 0.29) is 16.2 Å². The van der Waals surface area contributed by atoms with Crippen molar-refractivity contribution in [3.63, 3.8) is 0 Å². The molecule has 3 heteroatoms. The second-order valence-corrected chi connectivity index (χ2v) is 8.95. The minimum Gasteiger partial charge on any atom is -0.326 e. The van der Waals surface area contributed by atoms with E-state index in [4.69, 9.17) is 11.6 Å². The molecular weight excluding hydrogens is 294 g/mol. The monoisotopic (exact) mass is 317 g/mol. The lowest BCUT2D eigenvalue weighted by Crippen LogP contribution is -2.57. The summed E-state index contributed by atoms with van der Waals surface area (Å²) >= 11 is 6.83. The Hall–Kier alpha value is -1.02. The Labute approximate surface area is 137 Å². The Morgan fingerprint density at radius 3 is 2.41 bits per heavy atom. The number of amides is 1. The van der Waals surface area contributed by atoms with Gasteiger partial charge in [0.2, 0.25) is 5.91 Å². The van der Waals surface area contributed by atoms with E-state index >= 15 is 0 Å². The minimum absolute atomic E-state index is 0.107. The van der Waals surface area contributed by atoms with Gasteiger partial charge in [0.1, 0.15) is 0 Å². The summed E-state index contributed by atoms with van der Waals surface area (Å²) < 4.78 is 0. The summed E-state index contributed by atoms with van der Waals surface area (Å²) in [6.07, 6.45) is 6.45. The van der Waals surface area contributed by atoms with Crippen molar-refractivity contribution in [2.75, 3.05) is 5.32 Å². The molecule has 2 atom stereocenters. The Kier molecular flexibility index (Phi) is 3.14. The van der Waals surface area contributed by atoms with Crippen LogP contribution in [0.5, 0.6) is 0 Å². The van der Waals surface area contributed by atoms with Crippen LogP contribution in [0.3, 0.4) is 0 Å². The zero-order chi connectivity index (χ0) is 15.5. The molecule has 0 heterocycles. The molecule has 118 valence electrons. The van der Waals surface area contributed by atoms with Crippen LogP contribution in [0.2, 0.25) is 0 Å². The zero-order valence-electron chi connectivity index (χ0n) is 13.4. The molecule has 0 spiro atoms. The minimum atomic E-state index is -0.218. The van der Waals surface area contributed by atoms with Crippen molar-refractivity contribution in [3.05, 3.63) is 29.3 Å². The highest BCUT2D eigenvalue weighted by Crippen LogP contribution is 2.64. The molecule has 22 heavy (non-hydrogen) atoms. The van der Waals surface area contributed by atoms with E-state index in [1.54, 1.807) is 0 Å². The van der Waals surface area contributed by atoms with Crippen molar-refractivity contribution in [2.45, 2.75) is 57.2 Å². The number of alkyl halides is 1. The summed E-state index contributed by atoms with van der Waals surface area (Å²) in [6.45, 7) is 4.18. The van der Waals surface area contributed by atoms with Crippen molar-refractivity contribution in [1.82, 2.24) is 0 Å². The van der Waals surface area contributed by atoms with E-state index in [0.29, 0.717) is 11.8 Å². The van der Waals surface area contributed by atoms with Crippen LogP contribution in [-0.4, -0.2) is 10.8 Å². The number of hydrogen-bond donors (Lipinski definition) is 1. The highest BCUT2D eigenvalue weighted by Gasteiger charge is 2.60. The van der Waals surface area contributed by atoms with Crippen molar-refractivity contribution in [3.8, 4) is 0 Å². The summed E-state index contributed by atoms with van der Waals surface area (Å²) in [7, 11) is 0. The van der Waals surface area contributed by atoms with E-state index in [9.17, 15) is 4.79 Å². The van der Waals surface area contributed by atoms with Crippen molar-refractivity contribution < 1.29 is 4.79 Å². The quantitative estimate of drug-likeness (QED) is 0.778. The number of carbonyl (C=O) groups is 1. The van der Waals surface area contributed by atoms with Crippen LogP contribution in [0.25, 0.3) is 0 Å². The number of benzene rings is 1. The highest BCUT2D eigenvalue weighted by atomic mass is 35.5. The molecule has 1 N–H and O–H groups in total. The van der Waals surface area contributed by atoms with E-state index in [0.717, 1.165) is 37.8 Å². The molecule has 0 unspecified atom stereocenters. The third kappa shape index (κ3) is 2.27. The topological polar surface area (TPSA) is 29.1 Å². The van der Waals surface area contributed by atoms with Crippen LogP contribution in [0.15, 0.2) is 18.2 Å². The molecule has 4 aliphatic carbocycles. The van der Waals surface area contributed by atoms with E-state index in [1.165, 1.54) is 17.5 Å². The number of halogens is 1. The molecular formula is C19H24ClNO. The normalized spacial score (nSPS) is 39.0. The first kappa shape index (κ1) is 14.6. The number of carbonyl (C=O) groups excluding carboxylic acids is 1. The number of rotatable bonds is 2. The second-order valence-electron chi connectivity index (χ2n) is 8.15. The molecule has 0 saturated heterocycles. The van der Waals surface area contributed by atoms with E-state index in [1.807, 2.05) is 6.07 Å². The fourth-order valence-corrected chi connectivity index (χ4v) is 6.19. The lowest BCUT2D eigenvalue weighted by atomic mass is 9.49. The van der Waals surface area contributed by atoms with Crippen molar-refractivity contribution in [1.29, 1.82) is 0 Å². The largest absolute Gasteiger partial charge is 0.326 e. The fourth-order valence-electron chi connectivity index (χ4n) is 5.50. The average Bonchev–Trinajstić information content (AvgIpc) is 2.40. The van der Waals surface area contributed by atoms with Gasteiger partial charge in [0.15, 0.2) is 0 Å². The van der Waals surface area contributed by atoms with E-state index in [2.05, 4.69) is 31.3 Å². The Balaban J connectivity index is 1.58. The Morgan fingerprint density at radius 2 is 1.82 bits per heavy atom. The lowest BCUT2D eigenvalue weighted by molar-refractivity contribution is -0.138. The zero-order valence-corrected chi connectivity index (χ0v) is 14.2. The molecule has 4 fully saturated rings. The van der Waals surface area contributed by atoms with Gasteiger partial charge in [0.25, 0.3) is 0 Å². The molecule has 0 aromatic heterocycles. The SMILES string of the molecule is Cc1ccc(NC(=O)C23C[C@H]4C[C@@H](CC(Cl)(C4)C2)C3)cc1C. The van der Waals surface area contributed by atoms with Gasteiger partial charge in [-0.3, -0.25) is 4.79 Å². The summed E-state index contributed by atoms with van der Waals surface area (Å²) in [5.41, 5.74) is 3.18. The second kappa shape index (κ2) is 4.74. The van der Waals surface area contributed by atoms with Gasteiger partial charge in [0.05, 0.1) is 5.41 Å². The molecule has 4 saturated carbocycles. The van der Waals surface area contributed by atoms with Crippen LogP contribution < -0.4 is 5.32 Å². The average molecular weight is 318 g/mol. The molecule has 1 amide bonds. The first-order chi connectivity index (χ1) is 10.4. The summed E-state index contributed by atoms with van der Waals surface area (Å²) in [6, 6.07) is 6.16. The molecule has 4 aliphatic rings. The van der Waals surface area contributed by atoms with Gasteiger partial charge in [-0.05, 0) is 87.5 Å². The van der Waals surface area contributed by atoms with Crippen LogP contribution >= 0.6 is 11.6 Å². The standard InChI is InChI=1S/C19H24ClNO/c1-12-3-4-16(5-13(12)2)21-17(22)18-7-14-6-15(8-18)10-19(20,9-14)11-18/h3-5,14-15H,6-11H2,1-2H3,(H,21,22)/t14-,15-,18?,19?/m1/s1. The molecule has 2 nitrogen and oxygen atoms in total. The van der Waals surface area contributed by atoms with Crippen molar-refractivity contribution in [2.24, 2.45) is 17.3 Å². The smallest absolute Gasteiger partial charge is 0.230 e. The van der Waals surface area contributed by atoms with Crippen LogP contribution in [-0.2, 0) is 4.79 Å². The summed E-state index contributed by atoms with van der Waals surface area (Å²) in [4.78, 5) is 12.9. The predicted octanol–water partition coefficient (Wildman–Crippen LogP) is 4.82.